The SMILES string of the molecule is O=C(N/C=C/c1ccc(Br)cc1)NCCN1C(=O)CSC1=O. The number of halogens is 1. The van der Waals surface area contributed by atoms with Gasteiger partial charge in [0.25, 0.3) is 5.24 Å². The van der Waals surface area contributed by atoms with Crippen molar-refractivity contribution in [2.24, 2.45) is 0 Å². The molecule has 1 fully saturated rings. The summed E-state index contributed by atoms with van der Waals surface area (Å²) >= 11 is 4.32. The molecule has 8 heteroatoms. The maximum absolute atomic E-state index is 11.5. The summed E-state index contributed by atoms with van der Waals surface area (Å²) in [6, 6.07) is 7.23. The lowest BCUT2D eigenvalue weighted by molar-refractivity contribution is -0.124. The van der Waals surface area contributed by atoms with E-state index in [2.05, 4.69) is 26.6 Å². The molecular formula is C14H14BrN3O3S. The zero-order chi connectivity index (χ0) is 15.9. The molecule has 1 saturated heterocycles. The molecule has 0 aromatic heterocycles. The van der Waals surface area contributed by atoms with Gasteiger partial charge in [0.2, 0.25) is 5.91 Å². The van der Waals surface area contributed by atoms with E-state index in [1.54, 1.807) is 6.08 Å². The monoisotopic (exact) mass is 383 g/mol. The lowest BCUT2D eigenvalue weighted by Crippen LogP contribution is -2.40. The summed E-state index contributed by atoms with van der Waals surface area (Å²) in [6.45, 7) is 0.407. The quantitative estimate of drug-likeness (QED) is 0.818. The standard InChI is InChI=1S/C14H14BrN3O3S/c15-11-3-1-10(2-4-11)5-6-16-13(20)17-7-8-18-12(19)9-22-14(18)21/h1-6H,7-9H2,(H2,16,17,20)/b6-5+. The van der Waals surface area contributed by atoms with Gasteiger partial charge in [0.15, 0.2) is 0 Å². The number of nitrogens with one attached hydrogen (secondary N) is 2. The van der Waals surface area contributed by atoms with E-state index in [0.29, 0.717) is 0 Å². The van der Waals surface area contributed by atoms with Gasteiger partial charge < -0.3 is 10.6 Å². The second-order valence-corrected chi connectivity index (χ2v) is 6.23. The number of amides is 4. The molecule has 2 N–H and O–H groups in total. The summed E-state index contributed by atoms with van der Waals surface area (Å²) in [5.41, 5.74) is 0.953. The van der Waals surface area contributed by atoms with E-state index in [1.165, 1.54) is 6.20 Å². The van der Waals surface area contributed by atoms with Crippen molar-refractivity contribution in [3.05, 3.63) is 40.5 Å². The van der Waals surface area contributed by atoms with Gasteiger partial charge in [-0.2, -0.15) is 0 Å². The molecule has 0 unspecified atom stereocenters. The number of carbonyl (C=O) groups excluding carboxylic acids is 3. The Hall–Kier alpha value is -1.80. The number of imide groups is 1. The van der Waals surface area contributed by atoms with Crippen LogP contribution in [0, 0.1) is 0 Å². The van der Waals surface area contributed by atoms with Crippen LogP contribution in [0.15, 0.2) is 34.9 Å². The molecule has 22 heavy (non-hydrogen) atoms. The van der Waals surface area contributed by atoms with Crippen LogP contribution in [0.1, 0.15) is 5.56 Å². The third kappa shape index (κ3) is 4.88. The Kier molecular flexibility index (Phi) is 6.02. The van der Waals surface area contributed by atoms with Gasteiger partial charge in [0, 0.05) is 23.8 Å². The van der Waals surface area contributed by atoms with Gasteiger partial charge in [-0.15, -0.1) is 0 Å². The minimum absolute atomic E-state index is 0.182. The van der Waals surface area contributed by atoms with E-state index in [4.69, 9.17) is 0 Å². The van der Waals surface area contributed by atoms with Gasteiger partial charge in [-0.1, -0.05) is 39.8 Å². The van der Waals surface area contributed by atoms with E-state index in [-0.39, 0.29) is 36.0 Å². The minimum Gasteiger partial charge on any atom is -0.336 e. The number of urea groups is 1. The summed E-state index contributed by atoms with van der Waals surface area (Å²) in [5.74, 6) is -0.0339. The average Bonchev–Trinajstić information content (AvgIpc) is 2.81. The van der Waals surface area contributed by atoms with Crippen molar-refractivity contribution in [3.8, 4) is 0 Å². The van der Waals surface area contributed by atoms with Gasteiger partial charge in [-0.3, -0.25) is 14.5 Å². The highest BCUT2D eigenvalue weighted by Gasteiger charge is 2.29. The summed E-state index contributed by atoms with van der Waals surface area (Å²) < 4.78 is 0.986. The molecule has 1 aromatic rings. The Balaban J connectivity index is 1.68. The van der Waals surface area contributed by atoms with Crippen molar-refractivity contribution in [1.82, 2.24) is 15.5 Å². The predicted molar refractivity (Wildman–Crippen MR) is 89.3 cm³/mol. The molecule has 0 aliphatic carbocycles. The average molecular weight is 384 g/mol. The van der Waals surface area contributed by atoms with Gasteiger partial charge in [-0.05, 0) is 23.8 Å². The topological polar surface area (TPSA) is 78.5 Å². The van der Waals surface area contributed by atoms with Crippen molar-refractivity contribution < 1.29 is 14.4 Å². The third-order valence-corrected chi connectivity index (χ3v) is 4.21. The van der Waals surface area contributed by atoms with E-state index in [1.807, 2.05) is 24.3 Å². The van der Waals surface area contributed by atoms with Gasteiger partial charge >= 0.3 is 6.03 Å². The molecular weight excluding hydrogens is 370 g/mol. The number of thioether (sulfide) groups is 1. The normalized spacial score (nSPS) is 14.7. The number of rotatable bonds is 5. The largest absolute Gasteiger partial charge is 0.336 e. The van der Waals surface area contributed by atoms with Crippen LogP contribution >= 0.6 is 27.7 Å². The Morgan fingerprint density at radius 3 is 2.68 bits per heavy atom. The van der Waals surface area contributed by atoms with Crippen LogP contribution in [0.5, 0.6) is 0 Å². The fourth-order valence-corrected chi connectivity index (χ4v) is 2.73. The van der Waals surface area contributed by atoms with Crippen molar-refractivity contribution >= 4 is 50.9 Å². The van der Waals surface area contributed by atoms with Crippen LogP contribution in [-0.4, -0.2) is 40.9 Å². The molecule has 1 aliphatic rings. The van der Waals surface area contributed by atoms with Gasteiger partial charge in [0.05, 0.1) is 5.75 Å². The first-order valence-electron chi connectivity index (χ1n) is 6.50. The van der Waals surface area contributed by atoms with E-state index in [0.717, 1.165) is 26.7 Å². The van der Waals surface area contributed by atoms with E-state index < -0.39 is 0 Å². The maximum atomic E-state index is 11.5. The highest BCUT2D eigenvalue weighted by atomic mass is 79.9. The Labute approximate surface area is 140 Å². The van der Waals surface area contributed by atoms with Gasteiger partial charge in [-0.25, -0.2) is 4.79 Å². The highest BCUT2D eigenvalue weighted by Crippen LogP contribution is 2.17. The van der Waals surface area contributed by atoms with Crippen LogP contribution in [0.4, 0.5) is 9.59 Å². The van der Waals surface area contributed by atoms with E-state index in [9.17, 15) is 14.4 Å². The van der Waals surface area contributed by atoms with Crippen LogP contribution < -0.4 is 10.6 Å². The summed E-state index contributed by atoms with van der Waals surface area (Å²) in [6.07, 6.45) is 3.29. The number of hydrogen-bond acceptors (Lipinski definition) is 4. The second kappa shape index (κ2) is 8.00. The Morgan fingerprint density at radius 1 is 1.32 bits per heavy atom. The predicted octanol–water partition coefficient (Wildman–Crippen LogP) is 2.41. The van der Waals surface area contributed by atoms with Crippen LogP contribution in [-0.2, 0) is 4.79 Å². The first-order valence-corrected chi connectivity index (χ1v) is 8.28. The molecule has 6 nitrogen and oxygen atoms in total. The lowest BCUT2D eigenvalue weighted by Gasteiger charge is -2.12. The molecule has 0 atom stereocenters. The second-order valence-electron chi connectivity index (χ2n) is 4.39. The Morgan fingerprint density at radius 2 is 2.05 bits per heavy atom. The Bertz CT molecular complexity index is 588. The van der Waals surface area contributed by atoms with Gasteiger partial charge in [0.1, 0.15) is 0 Å². The summed E-state index contributed by atoms with van der Waals surface area (Å²) in [5, 5.41) is 4.88. The van der Waals surface area contributed by atoms with Crippen LogP contribution in [0.2, 0.25) is 0 Å². The lowest BCUT2D eigenvalue weighted by atomic mass is 10.2. The molecule has 2 rings (SSSR count). The number of nitrogens with zero attached hydrogens (tertiary/aromatic N) is 1. The van der Waals surface area contributed by atoms with Crippen molar-refractivity contribution in [2.45, 2.75) is 0 Å². The highest BCUT2D eigenvalue weighted by molar-refractivity contribution is 9.10. The van der Waals surface area contributed by atoms with Crippen molar-refractivity contribution in [2.75, 3.05) is 18.8 Å². The fraction of sp³-hybridized carbons (Fsp3) is 0.214. The molecule has 0 bridgehead atoms. The molecule has 1 aromatic carbocycles. The molecule has 1 aliphatic heterocycles. The molecule has 0 radical (unpaired) electrons. The van der Waals surface area contributed by atoms with Crippen LogP contribution in [0.25, 0.3) is 6.08 Å². The number of hydrogen-bond donors (Lipinski definition) is 2. The summed E-state index contributed by atoms with van der Waals surface area (Å²) in [7, 11) is 0. The van der Waals surface area contributed by atoms with Crippen molar-refractivity contribution in [3.63, 3.8) is 0 Å². The zero-order valence-corrected chi connectivity index (χ0v) is 13.9. The first kappa shape index (κ1) is 16.6. The molecule has 0 saturated carbocycles. The molecule has 116 valence electrons. The molecule has 4 amide bonds. The van der Waals surface area contributed by atoms with Crippen molar-refractivity contribution in [1.29, 1.82) is 0 Å². The first-order chi connectivity index (χ1) is 10.6. The molecule has 1 heterocycles. The van der Waals surface area contributed by atoms with Crippen LogP contribution in [0.3, 0.4) is 0 Å². The molecule has 0 spiro atoms. The zero-order valence-electron chi connectivity index (χ0n) is 11.5. The number of carbonyl (C=O) groups is 3. The fourth-order valence-electron chi connectivity index (χ4n) is 1.72. The number of benzene rings is 1. The third-order valence-electron chi connectivity index (χ3n) is 2.82. The smallest absolute Gasteiger partial charge is 0.318 e. The minimum atomic E-state index is -0.389. The van der Waals surface area contributed by atoms with E-state index >= 15 is 0 Å². The maximum Gasteiger partial charge on any atom is 0.318 e. The summed E-state index contributed by atoms with van der Waals surface area (Å²) in [4.78, 5) is 35.4.